The first-order chi connectivity index (χ1) is 13.6. The lowest BCUT2D eigenvalue weighted by Crippen LogP contribution is -2.30. The van der Waals surface area contributed by atoms with E-state index >= 15 is 0 Å². The number of hydrogen-bond donors (Lipinski definition) is 2. The molecule has 0 fully saturated rings. The van der Waals surface area contributed by atoms with Crippen molar-refractivity contribution in [3.8, 4) is 11.6 Å². The zero-order valence-corrected chi connectivity index (χ0v) is 19.8. The molecule has 7 nitrogen and oxygen atoms in total. The minimum Gasteiger partial charge on any atom is -0.493 e. The maximum atomic E-state index is 5.73. The molecule has 1 aromatic carbocycles. The van der Waals surface area contributed by atoms with E-state index in [1.54, 1.807) is 20.4 Å². The van der Waals surface area contributed by atoms with Crippen molar-refractivity contribution in [2.45, 2.75) is 32.9 Å². The predicted octanol–water partition coefficient (Wildman–Crippen LogP) is 4.09. The van der Waals surface area contributed by atoms with Gasteiger partial charge in [0.1, 0.15) is 5.75 Å². The molecule has 2 aromatic rings. The highest BCUT2D eigenvalue weighted by atomic mass is 127. The van der Waals surface area contributed by atoms with Gasteiger partial charge < -0.3 is 24.8 Å². The standard InChI is InChI=1S/C21H30N4O3.HI/c1-16(2)28-20-10-9-17(14-23-20)15-24-21(22-3)25-18-7-5-8-19(13-18)27-12-6-11-26-4;/h5,7-10,13-14,16H,6,11-12,15H2,1-4H3,(H2,22,24,25);1H. The highest BCUT2D eigenvalue weighted by molar-refractivity contribution is 14.0. The average Bonchev–Trinajstić information content (AvgIpc) is 2.69. The number of methoxy groups -OCH3 is 1. The van der Waals surface area contributed by atoms with Crippen LogP contribution in [0.15, 0.2) is 47.6 Å². The summed E-state index contributed by atoms with van der Waals surface area (Å²) in [7, 11) is 3.42. The molecule has 0 aliphatic heterocycles. The first-order valence-corrected chi connectivity index (χ1v) is 9.41. The Labute approximate surface area is 190 Å². The Morgan fingerprint density at radius 1 is 1.17 bits per heavy atom. The van der Waals surface area contributed by atoms with Crippen LogP contribution in [0.1, 0.15) is 25.8 Å². The monoisotopic (exact) mass is 514 g/mol. The van der Waals surface area contributed by atoms with Crippen molar-refractivity contribution in [2.75, 3.05) is 32.7 Å². The van der Waals surface area contributed by atoms with Crippen LogP contribution < -0.4 is 20.1 Å². The molecule has 1 aromatic heterocycles. The van der Waals surface area contributed by atoms with Gasteiger partial charge in [-0.05, 0) is 31.5 Å². The van der Waals surface area contributed by atoms with Crippen LogP contribution in [-0.2, 0) is 11.3 Å². The third-order valence-electron chi connectivity index (χ3n) is 3.70. The molecule has 0 unspecified atom stereocenters. The van der Waals surface area contributed by atoms with Gasteiger partial charge in [-0.15, -0.1) is 24.0 Å². The number of nitrogens with zero attached hydrogens (tertiary/aromatic N) is 2. The second-order valence-corrected chi connectivity index (χ2v) is 6.44. The zero-order valence-electron chi connectivity index (χ0n) is 17.5. The number of ether oxygens (including phenoxy) is 3. The molecule has 2 N–H and O–H groups in total. The number of pyridine rings is 1. The summed E-state index contributed by atoms with van der Waals surface area (Å²) >= 11 is 0. The molecular weight excluding hydrogens is 483 g/mol. The molecule has 0 saturated carbocycles. The van der Waals surface area contributed by atoms with Gasteiger partial charge in [-0.1, -0.05) is 12.1 Å². The van der Waals surface area contributed by atoms with E-state index in [0.717, 1.165) is 23.4 Å². The Morgan fingerprint density at radius 3 is 2.66 bits per heavy atom. The Balaban J connectivity index is 0.00000420. The van der Waals surface area contributed by atoms with E-state index in [-0.39, 0.29) is 30.1 Å². The number of nitrogens with one attached hydrogen (secondary N) is 2. The van der Waals surface area contributed by atoms with Crippen molar-refractivity contribution in [1.29, 1.82) is 0 Å². The van der Waals surface area contributed by atoms with Gasteiger partial charge in [0, 0.05) is 57.7 Å². The number of halogens is 1. The zero-order chi connectivity index (χ0) is 20.2. The first-order valence-electron chi connectivity index (χ1n) is 9.41. The molecule has 0 saturated heterocycles. The normalized spacial score (nSPS) is 11.0. The highest BCUT2D eigenvalue weighted by Gasteiger charge is 2.03. The highest BCUT2D eigenvalue weighted by Crippen LogP contribution is 2.17. The molecule has 8 heteroatoms. The average molecular weight is 514 g/mol. The lowest BCUT2D eigenvalue weighted by atomic mass is 10.3. The maximum Gasteiger partial charge on any atom is 0.213 e. The third kappa shape index (κ3) is 9.80. The second kappa shape index (κ2) is 14.0. The van der Waals surface area contributed by atoms with E-state index in [1.165, 1.54) is 0 Å². The molecular formula is C21H31IN4O3. The molecule has 0 spiro atoms. The van der Waals surface area contributed by atoms with Crippen LogP contribution in [-0.4, -0.2) is 44.4 Å². The topological polar surface area (TPSA) is 77.0 Å². The van der Waals surface area contributed by atoms with Crippen LogP contribution in [0.2, 0.25) is 0 Å². The van der Waals surface area contributed by atoms with E-state index < -0.39 is 0 Å². The lowest BCUT2D eigenvalue weighted by molar-refractivity contribution is 0.172. The lowest BCUT2D eigenvalue weighted by Gasteiger charge is -2.13. The Bertz CT molecular complexity index is 739. The molecule has 1 heterocycles. The number of rotatable bonds is 10. The molecule has 0 aliphatic rings. The van der Waals surface area contributed by atoms with Gasteiger partial charge in [0.15, 0.2) is 5.96 Å². The molecule has 0 atom stereocenters. The van der Waals surface area contributed by atoms with E-state index in [0.29, 0.717) is 31.6 Å². The van der Waals surface area contributed by atoms with Crippen molar-refractivity contribution in [3.05, 3.63) is 48.2 Å². The maximum absolute atomic E-state index is 5.73. The van der Waals surface area contributed by atoms with Crippen LogP contribution in [0.3, 0.4) is 0 Å². The molecule has 0 aliphatic carbocycles. The summed E-state index contributed by atoms with van der Waals surface area (Å²) in [5, 5.41) is 6.54. The number of guanidine groups is 1. The molecule has 0 bridgehead atoms. The van der Waals surface area contributed by atoms with Crippen LogP contribution >= 0.6 is 24.0 Å². The molecule has 0 amide bonds. The number of hydrogen-bond acceptors (Lipinski definition) is 5. The molecule has 0 radical (unpaired) electrons. The summed E-state index contributed by atoms with van der Waals surface area (Å²) in [6, 6.07) is 11.6. The fraction of sp³-hybridized carbons (Fsp3) is 0.429. The smallest absolute Gasteiger partial charge is 0.213 e. The number of aliphatic imine (C=N–C) groups is 1. The van der Waals surface area contributed by atoms with Crippen LogP contribution in [0.4, 0.5) is 5.69 Å². The van der Waals surface area contributed by atoms with Gasteiger partial charge in [-0.3, -0.25) is 4.99 Å². The first kappa shape index (κ1) is 25.0. The minimum atomic E-state index is 0. The van der Waals surface area contributed by atoms with Gasteiger partial charge in [-0.2, -0.15) is 0 Å². The number of anilines is 1. The Hall–Kier alpha value is -2.07. The largest absolute Gasteiger partial charge is 0.493 e. The fourth-order valence-electron chi connectivity index (χ4n) is 2.39. The van der Waals surface area contributed by atoms with E-state index in [9.17, 15) is 0 Å². The summed E-state index contributed by atoms with van der Waals surface area (Å²) in [4.78, 5) is 8.58. The van der Waals surface area contributed by atoms with Crippen LogP contribution in [0.5, 0.6) is 11.6 Å². The summed E-state index contributed by atoms with van der Waals surface area (Å²) in [5.41, 5.74) is 1.94. The van der Waals surface area contributed by atoms with Crippen molar-refractivity contribution < 1.29 is 14.2 Å². The number of benzene rings is 1. The fourth-order valence-corrected chi connectivity index (χ4v) is 2.39. The van der Waals surface area contributed by atoms with Gasteiger partial charge in [0.05, 0.1) is 12.7 Å². The van der Waals surface area contributed by atoms with Crippen LogP contribution in [0, 0.1) is 0 Å². The van der Waals surface area contributed by atoms with Crippen molar-refractivity contribution >= 4 is 35.6 Å². The summed E-state index contributed by atoms with van der Waals surface area (Å²) < 4.78 is 16.3. The quantitative estimate of drug-likeness (QED) is 0.215. The number of aromatic nitrogens is 1. The van der Waals surface area contributed by atoms with Gasteiger partial charge in [0.25, 0.3) is 0 Å². The van der Waals surface area contributed by atoms with Crippen molar-refractivity contribution in [2.24, 2.45) is 4.99 Å². The van der Waals surface area contributed by atoms with E-state index in [2.05, 4.69) is 20.6 Å². The second-order valence-electron chi connectivity index (χ2n) is 6.44. The van der Waals surface area contributed by atoms with Crippen molar-refractivity contribution in [1.82, 2.24) is 10.3 Å². The third-order valence-corrected chi connectivity index (χ3v) is 3.70. The predicted molar refractivity (Wildman–Crippen MR) is 128 cm³/mol. The van der Waals surface area contributed by atoms with Crippen LogP contribution in [0.25, 0.3) is 0 Å². The van der Waals surface area contributed by atoms with Gasteiger partial charge in [-0.25, -0.2) is 4.98 Å². The van der Waals surface area contributed by atoms with Gasteiger partial charge in [0.2, 0.25) is 5.88 Å². The van der Waals surface area contributed by atoms with E-state index in [1.807, 2.05) is 50.2 Å². The summed E-state index contributed by atoms with van der Waals surface area (Å²) in [5.74, 6) is 2.10. The summed E-state index contributed by atoms with van der Waals surface area (Å²) in [6.07, 6.45) is 2.76. The molecule has 160 valence electrons. The van der Waals surface area contributed by atoms with Crippen molar-refractivity contribution in [3.63, 3.8) is 0 Å². The summed E-state index contributed by atoms with van der Waals surface area (Å²) in [6.45, 7) is 5.86. The Kier molecular flexibility index (Phi) is 12.1. The van der Waals surface area contributed by atoms with E-state index in [4.69, 9.17) is 14.2 Å². The Morgan fingerprint density at radius 2 is 2.00 bits per heavy atom. The minimum absolute atomic E-state index is 0. The van der Waals surface area contributed by atoms with Gasteiger partial charge >= 0.3 is 0 Å². The SMILES string of the molecule is CN=C(NCc1ccc(OC(C)C)nc1)Nc1cccc(OCCCOC)c1.I. The molecule has 29 heavy (non-hydrogen) atoms. The molecule has 2 rings (SSSR count).